The van der Waals surface area contributed by atoms with Crippen molar-refractivity contribution in [1.82, 2.24) is 5.32 Å². The molecule has 0 aliphatic heterocycles. The normalized spacial score (nSPS) is 12.9. The van der Waals surface area contributed by atoms with Crippen LogP contribution in [0, 0.1) is 0 Å². The first-order chi connectivity index (χ1) is 8.74. The number of ether oxygens (including phenoxy) is 1. The number of amides is 1. The molecule has 0 heterocycles. The number of nitrogens with one attached hydrogen (secondary N) is 1. The van der Waals surface area contributed by atoms with Gasteiger partial charge in [-0.2, -0.15) is 0 Å². The molecular weight excluding hydrogens is 264 g/mol. The predicted octanol–water partition coefficient (Wildman–Crippen LogP) is 2.48. The maximum atomic E-state index is 12.0. The van der Waals surface area contributed by atoms with Crippen LogP contribution >= 0.6 is 11.6 Å². The van der Waals surface area contributed by atoms with Gasteiger partial charge in [0.15, 0.2) is 6.10 Å². The van der Waals surface area contributed by atoms with Gasteiger partial charge in [-0.05, 0) is 33.8 Å². The van der Waals surface area contributed by atoms with Crippen molar-refractivity contribution < 1.29 is 9.53 Å². The van der Waals surface area contributed by atoms with E-state index in [-0.39, 0.29) is 11.4 Å². The van der Waals surface area contributed by atoms with Crippen molar-refractivity contribution in [2.45, 2.75) is 45.9 Å². The Hall–Kier alpha value is -1.26. The molecule has 1 amide bonds. The summed E-state index contributed by atoms with van der Waals surface area (Å²) in [5.41, 5.74) is 6.11. The Morgan fingerprint density at radius 1 is 1.47 bits per heavy atom. The van der Waals surface area contributed by atoms with E-state index in [1.165, 1.54) is 0 Å². The summed E-state index contributed by atoms with van der Waals surface area (Å²) in [4.78, 5) is 12.0. The Bertz CT molecular complexity index is 455. The van der Waals surface area contributed by atoms with E-state index < -0.39 is 6.10 Å². The fourth-order valence-electron chi connectivity index (χ4n) is 1.55. The van der Waals surface area contributed by atoms with E-state index in [1.54, 1.807) is 19.1 Å². The quantitative estimate of drug-likeness (QED) is 0.893. The third kappa shape index (κ3) is 4.73. The van der Waals surface area contributed by atoms with Crippen LogP contribution in [0.4, 0.5) is 0 Å². The first kappa shape index (κ1) is 15.8. The first-order valence-electron chi connectivity index (χ1n) is 6.20. The van der Waals surface area contributed by atoms with E-state index in [2.05, 4.69) is 5.32 Å². The van der Waals surface area contributed by atoms with Gasteiger partial charge in [0.2, 0.25) is 0 Å². The summed E-state index contributed by atoms with van der Waals surface area (Å²) in [6.07, 6.45) is -0.635. The number of halogens is 1. The van der Waals surface area contributed by atoms with Gasteiger partial charge in [0.25, 0.3) is 5.91 Å². The summed E-state index contributed by atoms with van der Waals surface area (Å²) in [7, 11) is 0. The van der Waals surface area contributed by atoms with Crippen LogP contribution in [0.1, 0.15) is 33.3 Å². The third-order valence-electron chi connectivity index (χ3n) is 2.43. The number of hydrogen-bond acceptors (Lipinski definition) is 3. The second kappa shape index (κ2) is 6.26. The highest BCUT2D eigenvalue weighted by Crippen LogP contribution is 2.29. The van der Waals surface area contributed by atoms with Crippen molar-refractivity contribution in [2.24, 2.45) is 5.73 Å². The lowest BCUT2D eigenvalue weighted by Gasteiger charge is -2.24. The molecule has 0 saturated carbocycles. The van der Waals surface area contributed by atoms with E-state index in [9.17, 15) is 4.79 Å². The van der Waals surface area contributed by atoms with Crippen molar-refractivity contribution >= 4 is 17.5 Å². The van der Waals surface area contributed by atoms with E-state index in [1.807, 2.05) is 26.8 Å². The molecule has 0 saturated heterocycles. The second-order valence-electron chi connectivity index (χ2n) is 5.43. The number of carbonyl (C=O) groups is 1. The van der Waals surface area contributed by atoms with Crippen LogP contribution in [0.3, 0.4) is 0 Å². The Labute approximate surface area is 119 Å². The zero-order valence-electron chi connectivity index (χ0n) is 11.8. The monoisotopic (exact) mass is 284 g/mol. The lowest BCUT2D eigenvalue weighted by Crippen LogP contribution is -2.46. The molecule has 0 bridgehead atoms. The van der Waals surface area contributed by atoms with Crippen LogP contribution in [0.15, 0.2) is 18.2 Å². The molecule has 0 fully saturated rings. The van der Waals surface area contributed by atoms with Crippen LogP contribution < -0.4 is 15.8 Å². The fourth-order valence-corrected chi connectivity index (χ4v) is 1.79. The Morgan fingerprint density at radius 2 is 2.11 bits per heavy atom. The van der Waals surface area contributed by atoms with Gasteiger partial charge in [-0.3, -0.25) is 4.79 Å². The molecule has 1 unspecified atom stereocenters. The summed E-state index contributed by atoms with van der Waals surface area (Å²) < 4.78 is 5.65. The van der Waals surface area contributed by atoms with Crippen LogP contribution in [0.2, 0.25) is 5.02 Å². The van der Waals surface area contributed by atoms with E-state index in [4.69, 9.17) is 22.1 Å². The van der Waals surface area contributed by atoms with E-state index >= 15 is 0 Å². The van der Waals surface area contributed by atoms with Gasteiger partial charge in [0.1, 0.15) is 5.75 Å². The van der Waals surface area contributed by atoms with Crippen molar-refractivity contribution in [3.63, 3.8) is 0 Å². The zero-order chi connectivity index (χ0) is 14.6. The molecule has 5 heteroatoms. The van der Waals surface area contributed by atoms with E-state index in [0.717, 1.165) is 5.56 Å². The smallest absolute Gasteiger partial charge is 0.261 e. The number of hydrogen-bond donors (Lipinski definition) is 2. The molecule has 19 heavy (non-hydrogen) atoms. The Balaban J connectivity index is 2.82. The summed E-state index contributed by atoms with van der Waals surface area (Å²) in [5.74, 6) is 0.290. The molecule has 106 valence electrons. The number of para-hydroxylation sites is 1. The minimum Gasteiger partial charge on any atom is -0.479 e. The first-order valence-corrected chi connectivity index (χ1v) is 6.58. The maximum absolute atomic E-state index is 12.0. The molecule has 1 aromatic rings. The molecule has 1 atom stereocenters. The molecule has 0 radical (unpaired) electrons. The summed E-state index contributed by atoms with van der Waals surface area (Å²) in [6, 6.07) is 5.34. The minimum absolute atomic E-state index is 0.185. The van der Waals surface area contributed by atoms with Gasteiger partial charge in [-0.25, -0.2) is 0 Å². The zero-order valence-corrected chi connectivity index (χ0v) is 12.5. The SMILES string of the molecule is CC(Oc1c(Cl)cccc1CN)C(=O)NC(C)(C)C. The lowest BCUT2D eigenvalue weighted by atomic mass is 10.1. The maximum Gasteiger partial charge on any atom is 0.261 e. The topological polar surface area (TPSA) is 64.3 Å². The lowest BCUT2D eigenvalue weighted by molar-refractivity contribution is -0.128. The summed E-state index contributed by atoms with van der Waals surface area (Å²) >= 11 is 6.08. The minimum atomic E-state index is -0.635. The van der Waals surface area contributed by atoms with Gasteiger partial charge in [-0.1, -0.05) is 23.7 Å². The molecule has 1 aromatic carbocycles. The van der Waals surface area contributed by atoms with Crippen molar-refractivity contribution in [2.75, 3.05) is 0 Å². The number of nitrogens with two attached hydrogens (primary N) is 1. The number of benzene rings is 1. The largest absolute Gasteiger partial charge is 0.479 e. The standard InChI is InChI=1S/C14H21ClN2O2/c1-9(13(18)17-14(2,3)4)19-12-10(8-16)6-5-7-11(12)15/h5-7,9H,8,16H2,1-4H3,(H,17,18). The average Bonchev–Trinajstić information content (AvgIpc) is 2.29. The predicted molar refractivity (Wildman–Crippen MR) is 77.3 cm³/mol. The van der Waals surface area contributed by atoms with Crippen molar-refractivity contribution in [3.05, 3.63) is 28.8 Å². The van der Waals surface area contributed by atoms with E-state index in [0.29, 0.717) is 17.3 Å². The van der Waals surface area contributed by atoms with Gasteiger partial charge in [-0.15, -0.1) is 0 Å². The highest BCUT2D eigenvalue weighted by atomic mass is 35.5. The average molecular weight is 285 g/mol. The van der Waals surface area contributed by atoms with Crippen molar-refractivity contribution in [3.8, 4) is 5.75 Å². The van der Waals surface area contributed by atoms with Gasteiger partial charge < -0.3 is 15.8 Å². The van der Waals surface area contributed by atoms with Crippen LogP contribution in [0.5, 0.6) is 5.75 Å². The Kier molecular flexibility index (Phi) is 5.20. The second-order valence-corrected chi connectivity index (χ2v) is 5.84. The number of rotatable bonds is 4. The van der Waals surface area contributed by atoms with Crippen LogP contribution in [-0.4, -0.2) is 17.6 Å². The number of carbonyl (C=O) groups excluding carboxylic acids is 1. The molecule has 0 aromatic heterocycles. The fraction of sp³-hybridized carbons (Fsp3) is 0.500. The summed E-state index contributed by atoms with van der Waals surface area (Å²) in [6.45, 7) is 7.74. The molecule has 3 N–H and O–H groups in total. The van der Waals surface area contributed by atoms with Crippen LogP contribution in [-0.2, 0) is 11.3 Å². The Morgan fingerprint density at radius 3 is 2.63 bits per heavy atom. The molecule has 1 rings (SSSR count). The van der Waals surface area contributed by atoms with Gasteiger partial charge in [0, 0.05) is 17.6 Å². The molecule has 0 aliphatic rings. The molecule has 0 aliphatic carbocycles. The highest BCUT2D eigenvalue weighted by molar-refractivity contribution is 6.32. The van der Waals surface area contributed by atoms with Crippen molar-refractivity contribution in [1.29, 1.82) is 0 Å². The van der Waals surface area contributed by atoms with Gasteiger partial charge >= 0.3 is 0 Å². The van der Waals surface area contributed by atoms with Gasteiger partial charge in [0.05, 0.1) is 5.02 Å². The third-order valence-corrected chi connectivity index (χ3v) is 2.73. The van der Waals surface area contributed by atoms with Crippen LogP contribution in [0.25, 0.3) is 0 Å². The molecular formula is C14H21ClN2O2. The molecule has 0 spiro atoms. The molecule has 4 nitrogen and oxygen atoms in total. The summed E-state index contributed by atoms with van der Waals surface area (Å²) in [5, 5.41) is 3.31. The highest BCUT2D eigenvalue weighted by Gasteiger charge is 2.22.